The molecule has 1 N–H and O–H groups in total. The number of hydrogen-bond donors (Lipinski definition) is 1. The van der Waals surface area contributed by atoms with Crippen LogP contribution in [0.2, 0.25) is 10.0 Å². The summed E-state index contributed by atoms with van der Waals surface area (Å²) in [4.78, 5) is 13.1. The summed E-state index contributed by atoms with van der Waals surface area (Å²) < 4.78 is 7.46. The van der Waals surface area contributed by atoms with Gasteiger partial charge in [0, 0.05) is 34.7 Å². The molecule has 4 aromatic rings. The molecule has 0 aliphatic carbocycles. The Balaban J connectivity index is 1.63. The average Bonchev–Trinajstić information content (AvgIpc) is 3.14. The van der Waals surface area contributed by atoms with E-state index >= 15 is 0 Å². The van der Waals surface area contributed by atoms with Crippen molar-refractivity contribution in [3.63, 3.8) is 0 Å². The predicted octanol–water partition coefficient (Wildman–Crippen LogP) is 5.70. The van der Waals surface area contributed by atoms with Crippen molar-refractivity contribution in [1.82, 2.24) is 19.5 Å². The van der Waals surface area contributed by atoms with Gasteiger partial charge in [-0.2, -0.15) is 0 Å². The van der Waals surface area contributed by atoms with Gasteiger partial charge in [-0.05, 0) is 43.3 Å². The highest BCUT2D eigenvalue weighted by Gasteiger charge is 2.10. The van der Waals surface area contributed by atoms with Crippen LogP contribution in [0.1, 0.15) is 5.69 Å². The Labute approximate surface area is 178 Å². The third-order valence-corrected chi connectivity index (χ3v) is 4.84. The zero-order valence-electron chi connectivity index (χ0n) is 15.7. The maximum absolute atomic E-state index is 6.30. The highest BCUT2D eigenvalue weighted by atomic mass is 35.5. The number of nitrogens with one attached hydrogen (secondary N) is 1. The first-order valence-electron chi connectivity index (χ1n) is 8.78. The number of hydrogen-bond acceptors (Lipinski definition) is 5. The van der Waals surface area contributed by atoms with Crippen LogP contribution in [0.3, 0.4) is 0 Å². The number of imidazole rings is 1. The molecule has 0 fully saturated rings. The predicted molar refractivity (Wildman–Crippen MR) is 116 cm³/mol. The van der Waals surface area contributed by atoms with Crippen LogP contribution in [0.15, 0.2) is 61.2 Å². The minimum atomic E-state index is 0.446. The Morgan fingerprint density at radius 2 is 1.90 bits per heavy atom. The second-order valence-electron chi connectivity index (χ2n) is 6.32. The number of nitrogens with zero attached hydrogens (tertiary/aromatic N) is 4. The summed E-state index contributed by atoms with van der Waals surface area (Å²) in [7, 11) is 1.63. The highest BCUT2D eigenvalue weighted by Crippen LogP contribution is 2.31. The lowest BCUT2D eigenvalue weighted by Gasteiger charge is -2.12. The Morgan fingerprint density at radius 3 is 2.62 bits per heavy atom. The Kier molecular flexibility index (Phi) is 5.38. The second-order valence-corrected chi connectivity index (χ2v) is 7.17. The van der Waals surface area contributed by atoms with Crippen molar-refractivity contribution in [3.05, 3.63) is 76.9 Å². The Bertz CT molecular complexity index is 1180. The van der Waals surface area contributed by atoms with E-state index in [1.54, 1.807) is 37.8 Å². The molecule has 2 aromatic heterocycles. The first-order valence-corrected chi connectivity index (χ1v) is 9.53. The maximum atomic E-state index is 6.30. The third kappa shape index (κ3) is 4.18. The van der Waals surface area contributed by atoms with E-state index in [0.29, 0.717) is 27.4 Å². The molecule has 0 aliphatic rings. The number of ether oxygens (including phenoxy) is 1. The molecule has 0 spiro atoms. The van der Waals surface area contributed by atoms with E-state index in [1.165, 1.54) is 0 Å². The molecule has 0 amide bonds. The van der Waals surface area contributed by atoms with E-state index in [-0.39, 0.29) is 0 Å². The van der Waals surface area contributed by atoms with Gasteiger partial charge in [0.05, 0.1) is 35.5 Å². The molecule has 4 rings (SSSR count). The number of halogens is 2. The Morgan fingerprint density at radius 1 is 1.03 bits per heavy atom. The van der Waals surface area contributed by atoms with E-state index in [1.807, 2.05) is 42.0 Å². The average molecular weight is 426 g/mol. The van der Waals surface area contributed by atoms with E-state index in [0.717, 1.165) is 22.6 Å². The largest absolute Gasteiger partial charge is 0.494 e. The van der Waals surface area contributed by atoms with Crippen LogP contribution in [0, 0.1) is 6.92 Å². The number of aryl methyl sites for hydroxylation is 1. The van der Waals surface area contributed by atoms with E-state index in [4.69, 9.17) is 27.9 Å². The summed E-state index contributed by atoms with van der Waals surface area (Å²) >= 11 is 12.3. The molecule has 0 saturated carbocycles. The van der Waals surface area contributed by atoms with Gasteiger partial charge in [0.1, 0.15) is 5.75 Å². The fraction of sp³-hybridized carbons (Fsp3) is 0.0952. The number of rotatable bonds is 5. The van der Waals surface area contributed by atoms with E-state index < -0.39 is 0 Å². The van der Waals surface area contributed by atoms with Crippen LogP contribution in [0.5, 0.6) is 5.75 Å². The van der Waals surface area contributed by atoms with Gasteiger partial charge in [0.25, 0.3) is 0 Å². The standard InChI is InChI=1S/C21H17Cl2N5O/c1-13-11-28(12-25-13)19-6-4-15(10-20(19)29-2)26-21-24-8-7-18(27-21)16-5-3-14(22)9-17(16)23/h3-12H,1-2H3,(H,24,26,27). The van der Waals surface area contributed by atoms with Gasteiger partial charge in [-0.1, -0.05) is 23.2 Å². The molecule has 0 bridgehead atoms. The van der Waals surface area contributed by atoms with Gasteiger partial charge in [0.15, 0.2) is 0 Å². The van der Waals surface area contributed by atoms with Crippen LogP contribution in [0.4, 0.5) is 11.6 Å². The van der Waals surface area contributed by atoms with E-state index in [2.05, 4.69) is 20.3 Å². The molecule has 146 valence electrons. The first-order chi connectivity index (χ1) is 14.0. The normalized spacial score (nSPS) is 10.8. The summed E-state index contributed by atoms with van der Waals surface area (Å²) in [5, 5.41) is 4.31. The zero-order valence-corrected chi connectivity index (χ0v) is 17.2. The van der Waals surface area contributed by atoms with Gasteiger partial charge in [-0.3, -0.25) is 0 Å². The van der Waals surface area contributed by atoms with Gasteiger partial charge >= 0.3 is 0 Å². The van der Waals surface area contributed by atoms with Crippen LogP contribution in [-0.2, 0) is 0 Å². The number of aromatic nitrogens is 4. The lowest BCUT2D eigenvalue weighted by atomic mass is 10.1. The third-order valence-electron chi connectivity index (χ3n) is 4.29. The number of methoxy groups -OCH3 is 1. The fourth-order valence-electron chi connectivity index (χ4n) is 2.92. The molecule has 0 aliphatic heterocycles. The topological polar surface area (TPSA) is 64.9 Å². The fourth-order valence-corrected chi connectivity index (χ4v) is 3.42. The van der Waals surface area contributed by atoms with Gasteiger partial charge < -0.3 is 14.6 Å². The van der Waals surface area contributed by atoms with Gasteiger partial charge in [0.2, 0.25) is 5.95 Å². The summed E-state index contributed by atoms with van der Waals surface area (Å²) in [6.07, 6.45) is 5.37. The molecule has 0 atom stereocenters. The van der Waals surface area contributed by atoms with Crippen molar-refractivity contribution in [2.75, 3.05) is 12.4 Å². The molecule has 0 saturated heterocycles. The second kappa shape index (κ2) is 8.11. The van der Waals surface area contributed by atoms with Crippen molar-refractivity contribution in [2.45, 2.75) is 6.92 Å². The molecular formula is C21H17Cl2N5O. The van der Waals surface area contributed by atoms with Gasteiger partial charge in [-0.15, -0.1) is 0 Å². The van der Waals surface area contributed by atoms with Crippen molar-refractivity contribution < 1.29 is 4.74 Å². The lowest BCUT2D eigenvalue weighted by molar-refractivity contribution is 0.413. The monoisotopic (exact) mass is 425 g/mol. The first kappa shape index (κ1) is 19.2. The molecule has 2 aromatic carbocycles. The minimum Gasteiger partial charge on any atom is -0.494 e. The lowest BCUT2D eigenvalue weighted by Crippen LogP contribution is -2.00. The molecule has 8 heteroatoms. The number of benzene rings is 2. The maximum Gasteiger partial charge on any atom is 0.227 e. The van der Waals surface area contributed by atoms with Crippen molar-refractivity contribution in [3.8, 4) is 22.7 Å². The quantitative estimate of drug-likeness (QED) is 0.444. The number of anilines is 2. The zero-order chi connectivity index (χ0) is 20.4. The molecule has 6 nitrogen and oxygen atoms in total. The van der Waals surface area contributed by atoms with Crippen LogP contribution >= 0.6 is 23.2 Å². The SMILES string of the molecule is COc1cc(Nc2nccc(-c3ccc(Cl)cc3Cl)n2)ccc1-n1cnc(C)c1. The van der Waals surface area contributed by atoms with Crippen LogP contribution < -0.4 is 10.1 Å². The summed E-state index contributed by atoms with van der Waals surface area (Å²) in [6, 6.07) is 12.9. The molecule has 0 radical (unpaired) electrons. The van der Waals surface area contributed by atoms with Crippen molar-refractivity contribution >= 4 is 34.8 Å². The summed E-state index contributed by atoms with van der Waals surface area (Å²) in [5.41, 5.74) is 4.09. The summed E-state index contributed by atoms with van der Waals surface area (Å²) in [6.45, 7) is 1.94. The van der Waals surface area contributed by atoms with Crippen LogP contribution in [-0.4, -0.2) is 26.6 Å². The van der Waals surface area contributed by atoms with Gasteiger partial charge in [-0.25, -0.2) is 15.0 Å². The minimum absolute atomic E-state index is 0.446. The van der Waals surface area contributed by atoms with Crippen LogP contribution in [0.25, 0.3) is 16.9 Å². The summed E-state index contributed by atoms with van der Waals surface area (Å²) in [5.74, 6) is 1.14. The smallest absolute Gasteiger partial charge is 0.227 e. The molecule has 0 unspecified atom stereocenters. The van der Waals surface area contributed by atoms with E-state index in [9.17, 15) is 0 Å². The highest BCUT2D eigenvalue weighted by molar-refractivity contribution is 6.36. The van der Waals surface area contributed by atoms with Crippen molar-refractivity contribution in [2.24, 2.45) is 0 Å². The molecule has 29 heavy (non-hydrogen) atoms. The van der Waals surface area contributed by atoms with Crippen molar-refractivity contribution in [1.29, 1.82) is 0 Å². The molecular weight excluding hydrogens is 409 g/mol. The Hall–Kier alpha value is -3.09. The molecule has 2 heterocycles.